The second kappa shape index (κ2) is 5.53. The highest BCUT2D eigenvalue weighted by atomic mass is 14.9. The Morgan fingerprint density at radius 2 is 2.00 bits per heavy atom. The summed E-state index contributed by atoms with van der Waals surface area (Å²) in [6, 6.07) is 2.14. The van der Waals surface area contributed by atoms with Crippen LogP contribution in [0.2, 0.25) is 0 Å². The molecule has 0 bridgehead atoms. The van der Waals surface area contributed by atoms with E-state index in [0.717, 1.165) is 13.1 Å². The Labute approximate surface area is 98.8 Å². The molecule has 1 fully saturated rings. The zero-order valence-corrected chi connectivity index (χ0v) is 10.4. The predicted octanol–water partition coefficient (Wildman–Crippen LogP) is 3.46. The summed E-state index contributed by atoms with van der Waals surface area (Å²) in [4.78, 5) is 3.10. The first-order chi connectivity index (χ1) is 7.79. The van der Waals surface area contributed by atoms with Crippen LogP contribution in [0, 0.1) is 5.41 Å². The van der Waals surface area contributed by atoms with Crippen LogP contribution in [0.5, 0.6) is 0 Å². The van der Waals surface area contributed by atoms with Crippen LogP contribution in [-0.2, 0) is 6.54 Å². The Hall–Kier alpha value is -0.760. The molecule has 16 heavy (non-hydrogen) atoms. The molecular formula is C14H24N2. The van der Waals surface area contributed by atoms with Gasteiger partial charge in [-0.3, -0.25) is 0 Å². The number of hydrogen-bond acceptors (Lipinski definition) is 1. The summed E-state index contributed by atoms with van der Waals surface area (Å²) in [5, 5.41) is 3.61. The number of nitrogens with one attached hydrogen (secondary N) is 2. The van der Waals surface area contributed by atoms with Gasteiger partial charge in [0.25, 0.3) is 0 Å². The minimum Gasteiger partial charge on any atom is -0.367 e. The zero-order chi connectivity index (χ0) is 11.3. The first-order valence-electron chi connectivity index (χ1n) is 6.61. The maximum Gasteiger partial charge on any atom is 0.0220 e. The molecule has 0 aliphatic heterocycles. The van der Waals surface area contributed by atoms with Crippen molar-refractivity contribution < 1.29 is 0 Å². The molecule has 1 aliphatic rings. The number of aromatic nitrogens is 1. The van der Waals surface area contributed by atoms with Gasteiger partial charge in [0, 0.05) is 25.5 Å². The lowest BCUT2D eigenvalue weighted by Gasteiger charge is -2.28. The second-order valence-electron chi connectivity index (χ2n) is 5.55. The summed E-state index contributed by atoms with van der Waals surface area (Å²) in [5.41, 5.74) is 1.89. The fraction of sp³-hybridized carbons (Fsp3) is 0.714. The Morgan fingerprint density at radius 1 is 1.25 bits per heavy atom. The average Bonchev–Trinajstić information content (AvgIpc) is 2.68. The van der Waals surface area contributed by atoms with Gasteiger partial charge >= 0.3 is 0 Å². The number of hydrogen-bond donors (Lipinski definition) is 2. The molecule has 1 heterocycles. The molecule has 0 radical (unpaired) electrons. The van der Waals surface area contributed by atoms with E-state index in [2.05, 4.69) is 29.5 Å². The van der Waals surface area contributed by atoms with Crippen molar-refractivity contribution in [3.63, 3.8) is 0 Å². The Morgan fingerprint density at radius 3 is 2.62 bits per heavy atom. The van der Waals surface area contributed by atoms with Gasteiger partial charge in [0.15, 0.2) is 0 Å². The molecule has 0 spiro atoms. The molecular weight excluding hydrogens is 196 g/mol. The van der Waals surface area contributed by atoms with Gasteiger partial charge in [-0.2, -0.15) is 0 Å². The second-order valence-corrected chi connectivity index (χ2v) is 5.55. The summed E-state index contributed by atoms with van der Waals surface area (Å²) >= 11 is 0. The average molecular weight is 220 g/mol. The van der Waals surface area contributed by atoms with Crippen LogP contribution >= 0.6 is 0 Å². The lowest BCUT2D eigenvalue weighted by molar-refractivity contribution is 0.262. The highest BCUT2D eigenvalue weighted by Crippen LogP contribution is 2.33. The van der Waals surface area contributed by atoms with E-state index in [9.17, 15) is 0 Å². The molecule has 1 aromatic rings. The van der Waals surface area contributed by atoms with Crippen LogP contribution in [0.1, 0.15) is 51.0 Å². The van der Waals surface area contributed by atoms with Gasteiger partial charge in [-0.05, 0) is 29.9 Å². The summed E-state index contributed by atoms with van der Waals surface area (Å²) < 4.78 is 0. The molecule has 0 atom stereocenters. The molecule has 2 N–H and O–H groups in total. The van der Waals surface area contributed by atoms with E-state index in [1.807, 2.05) is 6.20 Å². The third-order valence-corrected chi connectivity index (χ3v) is 3.85. The van der Waals surface area contributed by atoms with E-state index in [1.165, 1.54) is 44.1 Å². The maximum absolute atomic E-state index is 3.61. The van der Waals surface area contributed by atoms with Crippen molar-refractivity contribution in [3.05, 3.63) is 24.0 Å². The smallest absolute Gasteiger partial charge is 0.0220 e. The van der Waals surface area contributed by atoms with Crippen molar-refractivity contribution in [1.29, 1.82) is 0 Å². The van der Waals surface area contributed by atoms with Gasteiger partial charge in [0.2, 0.25) is 0 Å². The molecule has 2 rings (SSSR count). The highest BCUT2D eigenvalue weighted by Gasteiger charge is 2.24. The quantitative estimate of drug-likeness (QED) is 0.747. The standard InChI is InChI=1S/C14H24N2/c1-14(7-4-2-3-5-8-14)12-16-11-13-6-9-15-10-13/h6,9-10,15-16H,2-5,7-8,11-12H2,1H3. The molecule has 1 aliphatic carbocycles. The summed E-state index contributed by atoms with van der Waals surface area (Å²) in [5.74, 6) is 0. The number of rotatable bonds is 4. The van der Waals surface area contributed by atoms with Crippen LogP contribution in [0.25, 0.3) is 0 Å². The lowest BCUT2D eigenvalue weighted by atomic mass is 9.82. The molecule has 1 saturated carbocycles. The minimum atomic E-state index is 0.535. The molecule has 0 amide bonds. The predicted molar refractivity (Wildman–Crippen MR) is 68.3 cm³/mol. The number of aromatic amines is 1. The van der Waals surface area contributed by atoms with Crippen LogP contribution in [0.4, 0.5) is 0 Å². The van der Waals surface area contributed by atoms with E-state index in [0.29, 0.717) is 5.41 Å². The number of H-pyrrole nitrogens is 1. The molecule has 2 nitrogen and oxygen atoms in total. The van der Waals surface area contributed by atoms with Gasteiger partial charge in [-0.25, -0.2) is 0 Å². The van der Waals surface area contributed by atoms with Gasteiger partial charge in [-0.1, -0.05) is 32.6 Å². The Kier molecular flexibility index (Phi) is 4.05. The fourth-order valence-corrected chi connectivity index (χ4v) is 2.74. The van der Waals surface area contributed by atoms with Crippen LogP contribution in [0.3, 0.4) is 0 Å². The molecule has 0 aromatic carbocycles. The molecule has 90 valence electrons. The van der Waals surface area contributed by atoms with Crippen molar-refractivity contribution >= 4 is 0 Å². The third-order valence-electron chi connectivity index (χ3n) is 3.85. The maximum atomic E-state index is 3.61. The highest BCUT2D eigenvalue weighted by molar-refractivity contribution is 5.07. The molecule has 0 unspecified atom stereocenters. The summed E-state index contributed by atoms with van der Waals surface area (Å²) in [7, 11) is 0. The topological polar surface area (TPSA) is 27.8 Å². The first kappa shape index (κ1) is 11.7. The van der Waals surface area contributed by atoms with Crippen LogP contribution in [-0.4, -0.2) is 11.5 Å². The zero-order valence-electron chi connectivity index (χ0n) is 10.4. The van der Waals surface area contributed by atoms with E-state index in [-0.39, 0.29) is 0 Å². The fourth-order valence-electron chi connectivity index (χ4n) is 2.74. The van der Waals surface area contributed by atoms with E-state index >= 15 is 0 Å². The van der Waals surface area contributed by atoms with Crippen molar-refractivity contribution in [2.45, 2.75) is 52.0 Å². The third kappa shape index (κ3) is 3.38. The van der Waals surface area contributed by atoms with Gasteiger partial charge in [0.1, 0.15) is 0 Å². The monoisotopic (exact) mass is 220 g/mol. The van der Waals surface area contributed by atoms with Gasteiger partial charge in [0.05, 0.1) is 0 Å². The van der Waals surface area contributed by atoms with Gasteiger partial charge in [-0.15, -0.1) is 0 Å². The largest absolute Gasteiger partial charge is 0.367 e. The summed E-state index contributed by atoms with van der Waals surface area (Å²) in [6.45, 7) is 4.61. The minimum absolute atomic E-state index is 0.535. The molecule has 1 aromatic heterocycles. The van der Waals surface area contributed by atoms with Crippen molar-refractivity contribution in [2.24, 2.45) is 5.41 Å². The molecule has 2 heteroatoms. The van der Waals surface area contributed by atoms with Crippen molar-refractivity contribution in [1.82, 2.24) is 10.3 Å². The van der Waals surface area contributed by atoms with Crippen LogP contribution in [0.15, 0.2) is 18.5 Å². The van der Waals surface area contributed by atoms with Crippen molar-refractivity contribution in [2.75, 3.05) is 6.54 Å². The lowest BCUT2D eigenvalue weighted by Crippen LogP contribution is -2.31. The Bertz CT molecular complexity index is 282. The Balaban J connectivity index is 1.75. The van der Waals surface area contributed by atoms with Crippen molar-refractivity contribution in [3.8, 4) is 0 Å². The van der Waals surface area contributed by atoms with Crippen LogP contribution < -0.4 is 5.32 Å². The van der Waals surface area contributed by atoms with Gasteiger partial charge < -0.3 is 10.3 Å². The van der Waals surface area contributed by atoms with E-state index < -0.39 is 0 Å². The SMILES string of the molecule is CC1(CNCc2cc[nH]c2)CCCCCC1. The normalized spacial score (nSPS) is 20.6. The first-order valence-corrected chi connectivity index (χ1v) is 6.61. The molecule has 0 saturated heterocycles. The van der Waals surface area contributed by atoms with E-state index in [1.54, 1.807) is 0 Å². The summed E-state index contributed by atoms with van der Waals surface area (Å²) in [6.07, 6.45) is 12.6. The van der Waals surface area contributed by atoms with E-state index in [4.69, 9.17) is 0 Å².